The van der Waals surface area contributed by atoms with Gasteiger partial charge in [-0.2, -0.15) is 0 Å². The Balaban J connectivity index is 4.88. The normalized spacial score (nSPS) is 12.8. The highest BCUT2D eigenvalue weighted by Gasteiger charge is 2.40. The molecule has 16 heavy (non-hydrogen) atoms. The molecule has 0 heterocycles. The van der Waals surface area contributed by atoms with E-state index in [-0.39, 0.29) is 0 Å². The molecule has 0 N–H and O–H groups in total. The Hall–Kier alpha value is 0.134. The summed E-state index contributed by atoms with van der Waals surface area (Å²) in [6, 6.07) is 5.18. The van der Waals surface area contributed by atoms with Crippen LogP contribution in [0.15, 0.2) is 12.3 Å². The molecule has 0 bridgehead atoms. The van der Waals surface area contributed by atoms with Gasteiger partial charge in [0.2, 0.25) is 0 Å². The molecule has 0 aromatic carbocycles. The fourth-order valence-corrected chi connectivity index (χ4v) is 15.3. The van der Waals surface area contributed by atoms with E-state index in [1.54, 1.807) is 0 Å². The van der Waals surface area contributed by atoms with Crippen molar-refractivity contribution in [2.24, 2.45) is 0 Å². The molecule has 0 fully saturated rings. The van der Waals surface area contributed by atoms with Crippen LogP contribution in [0.3, 0.4) is 0 Å². The minimum Gasteiger partial charge on any atom is -0.417 e. The molecule has 0 rings (SSSR count). The molecule has 0 saturated carbocycles. The average molecular weight is 259 g/mol. The van der Waals surface area contributed by atoms with Crippen LogP contribution < -0.4 is 0 Å². The standard InChI is InChI=1S/C13H30OSi2/c1-7-14-16(11-5,12-6)13-15(8-2,9-3)10-4/h8H,2,7,9-13H2,1,3-6H3. The Kier molecular flexibility index (Phi) is 7.52. The van der Waals surface area contributed by atoms with Crippen LogP contribution in [0.1, 0.15) is 34.6 Å². The summed E-state index contributed by atoms with van der Waals surface area (Å²) >= 11 is 0. The highest BCUT2D eigenvalue weighted by atomic mass is 28.4. The Morgan fingerprint density at radius 3 is 1.69 bits per heavy atom. The second-order valence-corrected chi connectivity index (χ2v) is 14.8. The summed E-state index contributed by atoms with van der Waals surface area (Å²) in [6.45, 7) is 16.5. The van der Waals surface area contributed by atoms with Gasteiger partial charge in [-0.25, -0.2) is 0 Å². The lowest BCUT2D eigenvalue weighted by molar-refractivity contribution is 0.323. The van der Waals surface area contributed by atoms with Crippen molar-refractivity contribution in [1.82, 2.24) is 0 Å². The summed E-state index contributed by atoms with van der Waals surface area (Å²) in [7, 11) is -2.68. The van der Waals surface area contributed by atoms with Crippen LogP contribution in [0.25, 0.3) is 0 Å². The van der Waals surface area contributed by atoms with Gasteiger partial charge in [0.15, 0.2) is 8.32 Å². The van der Waals surface area contributed by atoms with Crippen molar-refractivity contribution in [2.75, 3.05) is 6.61 Å². The molecule has 0 saturated heterocycles. The van der Waals surface area contributed by atoms with Crippen molar-refractivity contribution in [2.45, 2.75) is 64.5 Å². The van der Waals surface area contributed by atoms with Gasteiger partial charge in [0, 0.05) is 6.61 Å². The Bertz CT molecular complexity index is 196. The van der Waals surface area contributed by atoms with Gasteiger partial charge >= 0.3 is 0 Å². The quantitative estimate of drug-likeness (QED) is 0.542. The van der Waals surface area contributed by atoms with Gasteiger partial charge in [0.25, 0.3) is 0 Å². The zero-order valence-electron chi connectivity index (χ0n) is 11.9. The zero-order valence-corrected chi connectivity index (χ0v) is 13.9. The molecule has 0 aliphatic rings. The molecule has 0 aliphatic heterocycles. The summed E-state index contributed by atoms with van der Waals surface area (Å²) in [5.74, 6) is 0. The Morgan fingerprint density at radius 1 is 0.938 bits per heavy atom. The maximum absolute atomic E-state index is 6.21. The molecule has 0 radical (unpaired) electrons. The second kappa shape index (κ2) is 7.46. The summed E-state index contributed by atoms with van der Waals surface area (Å²) < 4.78 is 6.21. The van der Waals surface area contributed by atoms with E-state index in [0.29, 0.717) is 0 Å². The fraction of sp³-hybridized carbons (Fsp3) is 0.846. The van der Waals surface area contributed by atoms with E-state index >= 15 is 0 Å². The molecule has 0 aromatic heterocycles. The van der Waals surface area contributed by atoms with Crippen LogP contribution in [0.5, 0.6) is 0 Å². The van der Waals surface area contributed by atoms with Crippen LogP contribution in [-0.2, 0) is 4.43 Å². The van der Waals surface area contributed by atoms with E-state index in [4.69, 9.17) is 4.43 Å². The number of hydrogen-bond acceptors (Lipinski definition) is 1. The summed E-state index contributed by atoms with van der Waals surface area (Å²) in [5, 5.41) is 0. The van der Waals surface area contributed by atoms with Crippen molar-refractivity contribution >= 4 is 16.4 Å². The smallest absolute Gasteiger partial charge is 0.189 e. The molecule has 0 aromatic rings. The molecule has 96 valence electrons. The molecule has 0 amide bonds. The second-order valence-electron chi connectivity index (χ2n) is 4.77. The van der Waals surface area contributed by atoms with Crippen LogP contribution in [0.4, 0.5) is 0 Å². The third kappa shape index (κ3) is 3.86. The van der Waals surface area contributed by atoms with Crippen LogP contribution in [0, 0.1) is 0 Å². The fourth-order valence-electron chi connectivity index (χ4n) is 2.56. The van der Waals surface area contributed by atoms with Crippen molar-refractivity contribution in [3.63, 3.8) is 0 Å². The van der Waals surface area contributed by atoms with Gasteiger partial charge in [-0.1, -0.05) is 39.8 Å². The van der Waals surface area contributed by atoms with Crippen molar-refractivity contribution in [3.8, 4) is 0 Å². The lowest BCUT2D eigenvalue weighted by Crippen LogP contribution is -2.47. The van der Waals surface area contributed by atoms with Crippen molar-refractivity contribution in [1.29, 1.82) is 0 Å². The molecular formula is C13H30OSi2. The predicted octanol–water partition coefficient (Wildman–Crippen LogP) is 4.76. The first-order chi connectivity index (χ1) is 7.57. The lowest BCUT2D eigenvalue weighted by Gasteiger charge is -2.37. The van der Waals surface area contributed by atoms with Crippen molar-refractivity contribution < 1.29 is 4.43 Å². The van der Waals surface area contributed by atoms with E-state index in [9.17, 15) is 0 Å². The van der Waals surface area contributed by atoms with Crippen LogP contribution >= 0.6 is 0 Å². The summed E-state index contributed by atoms with van der Waals surface area (Å²) in [6.07, 6.45) is 0. The monoisotopic (exact) mass is 258 g/mol. The maximum atomic E-state index is 6.21. The molecule has 0 atom stereocenters. The van der Waals surface area contributed by atoms with Crippen molar-refractivity contribution in [3.05, 3.63) is 12.3 Å². The number of hydrogen-bond donors (Lipinski definition) is 0. The Labute approximate surface area is 104 Å². The predicted molar refractivity (Wildman–Crippen MR) is 80.1 cm³/mol. The van der Waals surface area contributed by atoms with Gasteiger partial charge in [0.05, 0.1) is 8.07 Å². The lowest BCUT2D eigenvalue weighted by atomic mass is 10.9. The highest BCUT2D eigenvalue weighted by molar-refractivity contribution is 6.97. The molecule has 0 unspecified atom stereocenters. The van der Waals surface area contributed by atoms with Crippen LogP contribution in [-0.4, -0.2) is 23.0 Å². The van der Waals surface area contributed by atoms with Gasteiger partial charge in [-0.15, -0.1) is 12.3 Å². The third-order valence-electron chi connectivity index (χ3n) is 4.25. The first-order valence-corrected chi connectivity index (χ1v) is 12.1. The van der Waals surface area contributed by atoms with E-state index in [2.05, 4.69) is 46.9 Å². The first kappa shape index (κ1) is 16.1. The Morgan fingerprint density at radius 2 is 1.44 bits per heavy atom. The van der Waals surface area contributed by atoms with Gasteiger partial charge < -0.3 is 4.43 Å². The molecule has 0 aliphatic carbocycles. The number of rotatable bonds is 9. The SMILES string of the molecule is C=C[Si](CC)(CC)C[Si](CC)(CC)OCC. The minimum atomic E-state index is -1.45. The van der Waals surface area contributed by atoms with E-state index < -0.39 is 16.4 Å². The first-order valence-electron chi connectivity index (χ1n) is 6.85. The topological polar surface area (TPSA) is 9.23 Å². The third-order valence-corrected chi connectivity index (χ3v) is 16.8. The molecule has 0 spiro atoms. The molecule has 3 heteroatoms. The summed E-state index contributed by atoms with van der Waals surface area (Å²) in [5.41, 5.74) is 3.70. The van der Waals surface area contributed by atoms with Gasteiger partial charge in [-0.3, -0.25) is 0 Å². The summed E-state index contributed by atoms with van der Waals surface area (Å²) in [4.78, 5) is 0. The van der Waals surface area contributed by atoms with Crippen LogP contribution in [0.2, 0.25) is 29.8 Å². The van der Waals surface area contributed by atoms with Gasteiger partial charge in [0.1, 0.15) is 0 Å². The average Bonchev–Trinajstić information content (AvgIpc) is 2.35. The maximum Gasteiger partial charge on any atom is 0.189 e. The highest BCUT2D eigenvalue weighted by Crippen LogP contribution is 2.32. The largest absolute Gasteiger partial charge is 0.417 e. The molecular weight excluding hydrogens is 228 g/mol. The van der Waals surface area contributed by atoms with E-state index in [0.717, 1.165) is 6.61 Å². The van der Waals surface area contributed by atoms with E-state index in [1.165, 1.54) is 29.8 Å². The van der Waals surface area contributed by atoms with Gasteiger partial charge in [-0.05, 0) is 24.7 Å². The molecule has 1 nitrogen and oxygen atoms in total. The zero-order chi connectivity index (χ0) is 12.7. The minimum absolute atomic E-state index is 0.892. The van der Waals surface area contributed by atoms with E-state index in [1.807, 2.05) is 0 Å².